The minimum absolute atomic E-state index is 0.292. The molecule has 34 heavy (non-hydrogen) atoms. The van der Waals surface area contributed by atoms with E-state index in [9.17, 15) is 4.79 Å². The molecule has 3 aromatic carbocycles. The van der Waals surface area contributed by atoms with Crippen molar-refractivity contribution in [2.24, 2.45) is 5.92 Å². The minimum atomic E-state index is -2.63. The van der Waals surface area contributed by atoms with Gasteiger partial charge in [-0.15, -0.1) is 0 Å². The number of rotatable bonds is 8. The summed E-state index contributed by atoms with van der Waals surface area (Å²) in [6.45, 7) is 8.15. The third-order valence-corrected chi connectivity index (χ3v) is 11.4. The Hall–Kier alpha value is -2.59. The Bertz CT molecular complexity index is 1140. The summed E-state index contributed by atoms with van der Waals surface area (Å²) in [6.07, 6.45) is -2.17. The van der Waals surface area contributed by atoms with Crippen molar-refractivity contribution < 1.29 is 9.53 Å². The van der Waals surface area contributed by atoms with Gasteiger partial charge in [0.15, 0.2) is 0 Å². The first kappa shape index (κ1) is 24.5. The molecule has 7 heteroatoms. The van der Waals surface area contributed by atoms with Gasteiger partial charge < -0.3 is 14.1 Å². The van der Waals surface area contributed by atoms with Crippen LogP contribution in [0.4, 0.5) is 11.4 Å². The van der Waals surface area contributed by atoms with Gasteiger partial charge in [-0.1, -0.05) is 66.7 Å². The molecule has 0 radical (unpaired) electrons. The predicted octanol–water partition coefficient (Wildman–Crippen LogP) is 6.91. The van der Waals surface area contributed by atoms with Crippen LogP contribution in [0, 0.1) is 5.92 Å². The average molecular weight is 511 g/mol. The van der Waals surface area contributed by atoms with Gasteiger partial charge in [0.25, 0.3) is 0 Å². The Kier molecular flexibility index (Phi) is 7.77. The first-order valence-corrected chi connectivity index (χ1v) is 14.4. The Morgan fingerprint density at radius 1 is 0.971 bits per heavy atom. The molecule has 1 fully saturated rings. The van der Waals surface area contributed by atoms with Crippen LogP contribution < -0.4 is 9.34 Å². The van der Waals surface area contributed by atoms with E-state index in [1.807, 2.05) is 67.6 Å². The lowest BCUT2D eigenvalue weighted by Crippen LogP contribution is -2.28. The molecule has 0 spiro atoms. The van der Waals surface area contributed by atoms with Crippen molar-refractivity contribution in [3.05, 3.63) is 107 Å². The molecule has 0 aromatic heterocycles. The Morgan fingerprint density at radius 3 is 1.94 bits per heavy atom. The number of nitrogens with zero attached hydrogens (tertiary/aromatic N) is 2. The number of anilines is 2. The maximum Gasteiger partial charge on any atom is 0.313 e. The molecular weight excluding hydrogens is 483 g/mol. The summed E-state index contributed by atoms with van der Waals surface area (Å²) in [4.78, 5) is 13.3. The molecule has 0 amide bonds. The van der Waals surface area contributed by atoms with Gasteiger partial charge >= 0.3 is 5.97 Å². The van der Waals surface area contributed by atoms with Crippen LogP contribution in [0.1, 0.15) is 12.5 Å². The van der Waals surface area contributed by atoms with Crippen LogP contribution in [0.3, 0.4) is 0 Å². The van der Waals surface area contributed by atoms with Crippen molar-refractivity contribution in [2.75, 3.05) is 29.0 Å². The van der Waals surface area contributed by atoms with E-state index in [0.717, 1.165) is 35.3 Å². The highest BCUT2D eigenvalue weighted by Gasteiger charge is 2.45. The second-order valence-corrected chi connectivity index (χ2v) is 12.7. The van der Waals surface area contributed by atoms with Crippen LogP contribution in [0.25, 0.3) is 0 Å². The zero-order valence-electron chi connectivity index (χ0n) is 19.1. The standard InChI is InChI=1S/C27H28ClN2O2PS/c1-3-32-27(31)26(20-22-14-16-23(28)17-15-22)21(2)33(34)29(24-10-6-4-7-11-24)18-19-30(33)25-12-8-5-9-13-25/h4-17,26H,2-3,18-20H2,1H3. The lowest BCUT2D eigenvalue weighted by atomic mass is 9.99. The molecule has 1 atom stereocenters. The molecule has 1 unspecified atom stereocenters. The van der Waals surface area contributed by atoms with Gasteiger partial charge in [0, 0.05) is 34.8 Å². The zero-order valence-corrected chi connectivity index (χ0v) is 21.6. The lowest BCUT2D eigenvalue weighted by molar-refractivity contribution is -0.146. The van der Waals surface area contributed by atoms with Gasteiger partial charge in [-0.25, -0.2) is 0 Å². The number of benzene rings is 3. The smallest absolute Gasteiger partial charge is 0.313 e. The molecule has 1 heterocycles. The molecule has 0 aliphatic carbocycles. The monoisotopic (exact) mass is 510 g/mol. The van der Waals surface area contributed by atoms with Crippen molar-refractivity contribution >= 4 is 47.1 Å². The van der Waals surface area contributed by atoms with Crippen LogP contribution in [0.15, 0.2) is 96.8 Å². The Balaban J connectivity index is 1.79. The number of ether oxygens (including phenoxy) is 1. The van der Waals surface area contributed by atoms with Crippen LogP contribution >= 0.6 is 17.9 Å². The molecule has 0 bridgehead atoms. The summed E-state index contributed by atoms with van der Waals surface area (Å²) in [5.41, 5.74) is 3.07. The highest BCUT2D eigenvalue weighted by atomic mass is 35.5. The fourth-order valence-electron chi connectivity index (χ4n) is 4.31. The van der Waals surface area contributed by atoms with Gasteiger partial charge in [-0.05, 0) is 67.1 Å². The highest BCUT2D eigenvalue weighted by molar-refractivity contribution is 8.18. The molecule has 3 aromatic rings. The number of hydrogen-bond donors (Lipinski definition) is 0. The van der Waals surface area contributed by atoms with Crippen LogP contribution in [0.5, 0.6) is 0 Å². The number of esters is 1. The van der Waals surface area contributed by atoms with Gasteiger partial charge in [-0.2, -0.15) is 0 Å². The molecule has 0 N–H and O–H groups in total. The van der Waals surface area contributed by atoms with E-state index in [4.69, 9.17) is 28.1 Å². The first-order chi connectivity index (χ1) is 16.4. The quantitative estimate of drug-likeness (QED) is 0.243. The van der Waals surface area contributed by atoms with E-state index in [1.165, 1.54) is 0 Å². The van der Waals surface area contributed by atoms with E-state index in [-0.39, 0.29) is 5.97 Å². The van der Waals surface area contributed by atoms with Gasteiger partial charge in [0.1, 0.15) is 6.34 Å². The second-order valence-electron chi connectivity index (χ2n) is 8.09. The first-order valence-electron chi connectivity index (χ1n) is 11.3. The summed E-state index contributed by atoms with van der Waals surface area (Å²) in [5, 5.41) is 1.39. The molecule has 0 saturated carbocycles. The Labute approximate surface area is 211 Å². The third-order valence-electron chi connectivity index (χ3n) is 5.99. The SMILES string of the molecule is C=C(C(Cc1ccc(Cl)cc1)C(=O)OCC)P1(=S)N(c2ccccc2)CCN1c1ccccc1. The van der Waals surface area contributed by atoms with Gasteiger partial charge in [-0.3, -0.25) is 4.79 Å². The largest absolute Gasteiger partial charge is 0.466 e. The summed E-state index contributed by atoms with van der Waals surface area (Å²) in [5.74, 6) is -0.859. The fraction of sp³-hybridized carbons (Fsp3) is 0.222. The van der Waals surface area contributed by atoms with Gasteiger partial charge in [0.05, 0.1) is 12.5 Å². The summed E-state index contributed by atoms with van der Waals surface area (Å²) in [6, 6.07) is 27.9. The normalized spacial score (nSPS) is 15.7. The minimum Gasteiger partial charge on any atom is -0.466 e. The second kappa shape index (κ2) is 10.8. The highest BCUT2D eigenvalue weighted by Crippen LogP contribution is 2.67. The third kappa shape index (κ3) is 4.93. The molecule has 1 aliphatic rings. The predicted molar refractivity (Wildman–Crippen MR) is 146 cm³/mol. The van der Waals surface area contributed by atoms with E-state index in [1.54, 1.807) is 0 Å². The van der Waals surface area contributed by atoms with Crippen LogP contribution in [-0.4, -0.2) is 25.7 Å². The van der Waals surface area contributed by atoms with E-state index in [2.05, 4.69) is 40.2 Å². The number of halogens is 1. The molecule has 1 saturated heterocycles. The van der Waals surface area contributed by atoms with Crippen LogP contribution in [0.2, 0.25) is 5.02 Å². The van der Waals surface area contributed by atoms with E-state index >= 15 is 0 Å². The molecular formula is C27H28ClN2O2PS. The van der Waals surface area contributed by atoms with Crippen molar-refractivity contribution in [1.29, 1.82) is 0 Å². The van der Waals surface area contributed by atoms with Gasteiger partial charge in [0.2, 0.25) is 0 Å². The fourth-order valence-corrected chi connectivity index (χ4v) is 8.97. The van der Waals surface area contributed by atoms with Crippen molar-refractivity contribution in [1.82, 2.24) is 0 Å². The molecule has 4 rings (SSSR count). The maximum absolute atomic E-state index is 13.3. The topological polar surface area (TPSA) is 32.8 Å². The van der Waals surface area contributed by atoms with Crippen molar-refractivity contribution in [3.63, 3.8) is 0 Å². The summed E-state index contributed by atoms with van der Waals surface area (Å²) < 4.78 is 10.1. The van der Waals surface area contributed by atoms with E-state index in [0.29, 0.717) is 18.1 Å². The Morgan fingerprint density at radius 2 is 1.47 bits per heavy atom. The summed E-state index contributed by atoms with van der Waals surface area (Å²) >= 11 is 12.6. The summed E-state index contributed by atoms with van der Waals surface area (Å²) in [7, 11) is 0. The number of hydrogen-bond acceptors (Lipinski definition) is 3. The molecule has 176 valence electrons. The van der Waals surface area contributed by atoms with Crippen LogP contribution in [-0.2, 0) is 27.8 Å². The lowest BCUT2D eigenvalue weighted by Gasteiger charge is -2.39. The molecule has 4 nitrogen and oxygen atoms in total. The number of carbonyl (C=O) groups excluding carboxylic acids is 1. The zero-order chi connectivity index (χ0) is 24.1. The average Bonchev–Trinajstić information content (AvgIpc) is 3.22. The maximum atomic E-state index is 13.3. The molecule has 1 aliphatic heterocycles. The van der Waals surface area contributed by atoms with Crippen molar-refractivity contribution in [2.45, 2.75) is 13.3 Å². The number of carbonyl (C=O) groups is 1. The number of para-hydroxylation sites is 2. The van der Waals surface area contributed by atoms with Crippen molar-refractivity contribution in [3.8, 4) is 0 Å². The van der Waals surface area contributed by atoms with E-state index < -0.39 is 12.3 Å².